The van der Waals surface area contributed by atoms with Crippen LogP contribution in [-0.4, -0.2) is 154 Å². The highest BCUT2D eigenvalue weighted by molar-refractivity contribution is 6.39. The van der Waals surface area contributed by atoms with E-state index in [4.69, 9.17) is 23.7 Å². The Morgan fingerprint density at radius 1 is 0.875 bits per heavy atom. The van der Waals surface area contributed by atoms with Crippen LogP contribution in [0.2, 0.25) is 0 Å². The fraction of sp³-hybridized carbons (Fsp3) is 0.745. The first-order valence-electron chi connectivity index (χ1n) is 26.0. The zero-order chi connectivity index (χ0) is 53.7. The molecule has 1 saturated carbocycles. The van der Waals surface area contributed by atoms with Crippen molar-refractivity contribution in [3.05, 3.63) is 47.6 Å². The van der Waals surface area contributed by atoms with Crippen LogP contribution in [0.15, 0.2) is 47.6 Å². The van der Waals surface area contributed by atoms with Crippen LogP contribution in [0.5, 0.6) is 0 Å². The number of cyclic esters (lactones) is 1. The van der Waals surface area contributed by atoms with Crippen LogP contribution >= 0.6 is 0 Å². The molecule has 1 unspecified atom stereocenters. The van der Waals surface area contributed by atoms with Gasteiger partial charge in [-0.25, -0.2) is 4.79 Å². The Morgan fingerprint density at radius 2 is 1.57 bits per heavy atom. The van der Waals surface area contributed by atoms with Gasteiger partial charge >= 0.3 is 11.9 Å². The summed E-state index contributed by atoms with van der Waals surface area (Å²) in [5.74, 6) is -9.65. The highest BCUT2D eigenvalue weighted by Crippen LogP contribution is 2.38. The fourth-order valence-electron chi connectivity index (χ4n) is 10.4. The molecule has 72 heavy (non-hydrogen) atoms. The maximum absolute atomic E-state index is 14.5. The van der Waals surface area contributed by atoms with Crippen LogP contribution in [0.3, 0.4) is 0 Å². The van der Waals surface area contributed by atoms with E-state index < -0.39 is 120 Å². The number of piperidine rings is 1. The molecular formula is C55H85NO16. The molecule has 4 rings (SSSR count). The molecule has 2 saturated heterocycles. The van der Waals surface area contributed by atoms with Crippen LogP contribution < -0.4 is 0 Å². The molecule has 3 fully saturated rings. The number of methoxy groups -OCH3 is 2. The van der Waals surface area contributed by atoms with Crippen molar-refractivity contribution in [3.8, 4) is 0 Å². The zero-order valence-corrected chi connectivity index (χ0v) is 44.3. The summed E-state index contributed by atoms with van der Waals surface area (Å²) in [5, 5.41) is 54.1. The van der Waals surface area contributed by atoms with E-state index in [0.29, 0.717) is 68.9 Å². The number of carbonyl (C=O) groups excluding carboxylic acids is 6. The van der Waals surface area contributed by atoms with E-state index in [1.165, 1.54) is 21.1 Å². The third kappa shape index (κ3) is 15.6. The van der Waals surface area contributed by atoms with Crippen molar-refractivity contribution in [2.24, 2.45) is 40.9 Å². The number of aliphatic hydroxyl groups excluding tert-OH is 4. The van der Waals surface area contributed by atoms with Gasteiger partial charge in [-0.1, -0.05) is 71.1 Å². The molecule has 0 radical (unpaired) electrons. The molecular weight excluding hydrogens is 931 g/mol. The number of aliphatic hydroxyl groups is 5. The standard InChI is InChI=1S/C55H85NO16/c1-32-16-12-11-13-17-33(2)42(59)28-40-21-19-38(7)55(67,72-40)50(63)51(64)56-23-15-14-18-41(56)52(65)70-45(29-43(60)34(3)25-37(6)48(62)49(69-10)47(61)36(5)24-32)35(4)26-39-20-22-44(46(27-39)68-9)71-53(66)54(8,30-57)31-58/h11-13,16-17,25,32,34-36,38-42,44-46,48-49,57-59,62,67H,14-15,18-24,26-31H2,1-10H3/b13-11?,16-12+,33-17?,37-25?/t32-,34-,35-,36-,38-,39+,40+,41+,42?,44-,45+,46-,48-,49+,55-/m1/s1. The first kappa shape index (κ1) is 60.6. The molecule has 406 valence electrons. The highest BCUT2D eigenvalue weighted by Gasteiger charge is 2.53. The number of rotatable bonds is 9. The molecule has 3 heterocycles. The third-order valence-corrected chi connectivity index (χ3v) is 15.6. The SMILES string of the molecule is CO[C@@H]1C[C@H](C[C@@H](C)[C@@H]2CC(=O)[C@H](C)C=C(C)[C@@H](O)[C@@H](OC)C(=O)[C@H](C)C[C@H](C)/C=C/C=CC=C(C)C(O)C[C@@H]3CC[C@@H](C)[C@@](O)(O3)C(=O)C(=O)N3CCCC[C@H]3C(=O)O2)CC[C@H]1OC(=O)C(C)(CO)CO. The Morgan fingerprint density at radius 3 is 2.22 bits per heavy atom. The minimum atomic E-state index is -2.52. The maximum Gasteiger partial charge on any atom is 0.329 e. The zero-order valence-electron chi connectivity index (χ0n) is 44.3. The average Bonchev–Trinajstić information content (AvgIpc) is 3.36. The molecule has 3 aliphatic heterocycles. The number of amides is 1. The molecule has 0 aromatic carbocycles. The van der Waals surface area contributed by atoms with Crippen LogP contribution in [0.1, 0.15) is 132 Å². The maximum atomic E-state index is 14.5. The van der Waals surface area contributed by atoms with E-state index in [2.05, 4.69) is 0 Å². The monoisotopic (exact) mass is 1020 g/mol. The number of carbonyl (C=O) groups is 6. The van der Waals surface area contributed by atoms with Gasteiger partial charge in [-0.3, -0.25) is 24.0 Å². The molecule has 0 spiro atoms. The van der Waals surface area contributed by atoms with E-state index in [0.717, 1.165) is 4.90 Å². The second kappa shape index (κ2) is 27.6. The number of hydrogen-bond donors (Lipinski definition) is 5. The summed E-state index contributed by atoms with van der Waals surface area (Å²) in [5.41, 5.74) is -0.548. The topological polar surface area (TPSA) is 253 Å². The molecule has 1 aliphatic carbocycles. The van der Waals surface area contributed by atoms with Gasteiger partial charge in [-0.15, -0.1) is 0 Å². The summed E-state index contributed by atoms with van der Waals surface area (Å²) >= 11 is 0. The van der Waals surface area contributed by atoms with Crippen molar-refractivity contribution in [3.63, 3.8) is 0 Å². The number of Topliss-reactive ketones (excluding diaryl/α,β-unsaturated/α-hetero) is 3. The largest absolute Gasteiger partial charge is 0.460 e. The molecule has 5 N–H and O–H groups in total. The van der Waals surface area contributed by atoms with Crippen molar-refractivity contribution in [1.29, 1.82) is 0 Å². The number of fused-ring (bicyclic) bond motifs is 3. The van der Waals surface area contributed by atoms with Gasteiger partial charge in [0.2, 0.25) is 5.79 Å². The van der Waals surface area contributed by atoms with Crippen molar-refractivity contribution in [2.75, 3.05) is 34.0 Å². The predicted molar refractivity (Wildman–Crippen MR) is 266 cm³/mol. The van der Waals surface area contributed by atoms with Crippen molar-refractivity contribution in [1.82, 2.24) is 4.90 Å². The van der Waals surface area contributed by atoms with Gasteiger partial charge < -0.3 is 54.1 Å². The second-order valence-corrected chi connectivity index (χ2v) is 21.6. The van der Waals surface area contributed by atoms with E-state index in [-0.39, 0.29) is 49.2 Å². The minimum Gasteiger partial charge on any atom is -0.460 e. The summed E-state index contributed by atoms with van der Waals surface area (Å²) in [7, 11) is 2.85. The van der Waals surface area contributed by atoms with Crippen LogP contribution in [-0.2, 0) is 52.5 Å². The quantitative estimate of drug-likeness (QED) is 0.115. The van der Waals surface area contributed by atoms with Crippen LogP contribution in [0, 0.1) is 40.9 Å². The lowest BCUT2D eigenvalue weighted by atomic mass is 9.78. The van der Waals surface area contributed by atoms with E-state index >= 15 is 0 Å². The van der Waals surface area contributed by atoms with E-state index in [1.807, 2.05) is 26.0 Å². The van der Waals surface area contributed by atoms with Crippen molar-refractivity contribution >= 4 is 35.2 Å². The molecule has 15 atom stereocenters. The molecule has 17 nitrogen and oxygen atoms in total. The minimum absolute atomic E-state index is 0.0247. The third-order valence-electron chi connectivity index (χ3n) is 15.6. The fourth-order valence-corrected chi connectivity index (χ4v) is 10.4. The number of esters is 2. The number of ether oxygens (including phenoxy) is 5. The highest BCUT2D eigenvalue weighted by atomic mass is 16.6. The Kier molecular flexibility index (Phi) is 23.2. The number of nitrogens with zero attached hydrogens (tertiary/aromatic N) is 1. The Labute approximate surface area is 426 Å². The molecule has 1 amide bonds. The first-order chi connectivity index (χ1) is 33.9. The summed E-state index contributed by atoms with van der Waals surface area (Å²) in [4.78, 5) is 85.1. The van der Waals surface area contributed by atoms with Crippen molar-refractivity contribution in [2.45, 2.75) is 187 Å². The molecule has 0 aromatic heterocycles. The summed E-state index contributed by atoms with van der Waals surface area (Å²) < 4.78 is 29.4. The lowest BCUT2D eigenvalue weighted by Gasteiger charge is -2.42. The summed E-state index contributed by atoms with van der Waals surface area (Å²) in [6, 6.07) is -1.22. The number of ketones is 3. The van der Waals surface area contributed by atoms with Gasteiger partial charge in [0.25, 0.3) is 11.7 Å². The van der Waals surface area contributed by atoms with Gasteiger partial charge in [0.1, 0.15) is 41.7 Å². The lowest BCUT2D eigenvalue weighted by Crippen LogP contribution is -2.61. The second-order valence-electron chi connectivity index (χ2n) is 21.6. The van der Waals surface area contributed by atoms with Gasteiger partial charge in [-0.2, -0.15) is 0 Å². The van der Waals surface area contributed by atoms with Gasteiger partial charge in [0.15, 0.2) is 5.78 Å². The molecule has 0 aromatic rings. The van der Waals surface area contributed by atoms with Crippen LogP contribution in [0.25, 0.3) is 0 Å². The average molecular weight is 1020 g/mol. The smallest absolute Gasteiger partial charge is 0.329 e. The van der Waals surface area contributed by atoms with Gasteiger partial charge in [-0.05, 0) is 114 Å². The first-order valence-corrected chi connectivity index (χ1v) is 26.0. The van der Waals surface area contributed by atoms with Crippen molar-refractivity contribution < 1.29 is 78.0 Å². The summed E-state index contributed by atoms with van der Waals surface area (Å²) in [6.45, 7) is 12.4. The Balaban J connectivity index is 1.68. The molecule has 17 heteroatoms. The number of hydrogen-bond acceptors (Lipinski definition) is 16. The van der Waals surface area contributed by atoms with E-state index in [1.54, 1.807) is 58.9 Å². The predicted octanol–water partition coefficient (Wildman–Crippen LogP) is 5.07. The Bertz CT molecular complexity index is 1990. The molecule has 2 bridgehead atoms. The van der Waals surface area contributed by atoms with Gasteiger partial charge in [0.05, 0.1) is 31.5 Å². The molecule has 4 aliphatic rings. The van der Waals surface area contributed by atoms with Crippen LogP contribution in [0.4, 0.5) is 0 Å². The normalized spacial score (nSPS) is 35.9. The Hall–Kier alpha value is -3.94. The van der Waals surface area contributed by atoms with Gasteiger partial charge in [0, 0.05) is 51.4 Å². The summed E-state index contributed by atoms with van der Waals surface area (Å²) in [6.07, 6.45) is 8.11. The van der Waals surface area contributed by atoms with E-state index in [9.17, 15) is 54.3 Å². The lowest BCUT2D eigenvalue weighted by molar-refractivity contribution is -0.265. The number of allylic oxidation sites excluding steroid dienone is 6.